The molecule has 0 saturated carbocycles. The van der Waals surface area contributed by atoms with Gasteiger partial charge >= 0.3 is 0 Å². The fourth-order valence-electron chi connectivity index (χ4n) is 1.66. The Bertz CT molecular complexity index is 595. The van der Waals surface area contributed by atoms with Gasteiger partial charge in [0.1, 0.15) is 0 Å². The Morgan fingerprint density at radius 2 is 2.20 bits per heavy atom. The Hall–Kier alpha value is -2.10. The quantitative estimate of drug-likeness (QED) is 0.603. The molecule has 3 aromatic rings. The Labute approximate surface area is 86.1 Å². The minimum absolute atomic E-state index is 0.776. The molecule has 0 aliphatic carbocycles. The fourth-order valence-corrected chi connectivity index (χ4v) is 1.66. The van der Waals surface area contributed by atoms with Crippen LogP contribution in [0.3, 0.4) is 0 Å². The monoisotopic (exact) mass is 199 g/mol. The van der Waals surface area contributed by atoms with E-state index in [4.69, 9.17) is 4.52 Å². The van der Waals surface area contributed by atoms with Gasteiger partial charge in [0.15, 0.2) is 5.76 Å². The van der Waals surface area contributed by atoms with Crippen LogP contribution in [0.25, 0.3) is 22.2 Å². The second-order valence-corrected chi connectivity index (χ2v) is 3.42. The summed E-state index contributed by atoms with van der Waals surface area (Å²) < 4.78 is 6.95. The van der Waals surface area contributed by atoms with Crippen molar-refractivity contribution in [1.82, 2.24) is 14.9 Å². The lowest BCUT2D eigenvalue weighted by atomic mass is 10.1. The maximum Gasteiger partial charge on any atom is 0.166 e. The van der Waals surface area contributed by atoms with Crippen LogP contribution in [0.15, 0.2) is 41.2 Å². The van der Waals surface area contributed by atoms with Crippen LogP contribution in [-0.2, 0) is 7.05 Å². The Kier molecular flexibility index (Phi) is 1.62. The first-order valence-corrected chi connectivity index (χ1v) is 4.67. The average Bonchev–Trinajstić information content (AvgIpc) is 2.88. The summed E-state index contributed by atoms with van der Waals surface area (Å²) in [7, 11) is 1.92. The van der Waals surface area contributed by atoms with Crippen LogP contribution in [0.1, 0.15) is 0 Å². The summed E-state index contributed by atoms with van der Waals surface area (Å²) in [5.41, 5.74) is 2.10. The van der Waals surface area contributed by atoms with E-state index in [2.05, 4.69) is 10.3 Å². The van der Waals surface area contributed by atoms with Crippen LogP contribution in [0.2, 0.25) is 0 Å². The summed E-state index contributed by atoms with van der Waals surface area (Å²) in [5.74, 6) is 0.776. The summed E-state index contributed by atoms with van der Waals surface area (Å²) in [4.78, 5) is 0. The molecule has 0 aliphatic rings. The van der Waals surface area contributed by atoms with Crippen LogP contribution < -0.4 is 0 Å². The average molecular weight is 199 g/mol. The normalized spacial score (nSPS) is 11.0. The van der Waals surface area contributed by atoms with Crippen molar-refractivity contribution in [2.24, 2.45) is 7.05 Å². The highest BCUT2D eigenvalue weighted by atomic mass is 16.5. The number of rotatable bonds is 1. The van der Waals surface area contributed by atoms with Crippen molar-refractivity contribution in [3.8, 4) is 11.3 Å². The van der Waals surface area contributed by atoms with Crippen LogP contribution in [-0.4, -0.2) is 14.9 Å². The molecule has 4 nitrogen and oxygen atoms in total. The number of hydrogen-bond donors (Lipinski definition) is 0. The molecule has 0 fully saturated rings. The minimum atomic E-state index is 0.776. The zero-order valence-corrected chi connectivity index (χ0v) is 8.21. The number of aromatic nitrogens is 3. The van der Waals surface area contributed by atoms with E-state index in [-0.39, 0.29) is 0 Å². The largest absolute Gasteiger partial charge is 0.356 e. The third-order valence-electron chi connectivity index (χ3n) is 2.47. The van der Waals surface area contributed by atoms with Gasteiger partial charge in [0.2, 0.25) is 0 Å². The Balaban J connectivity index is 2.25. The van der Waals surface area contributed by atoms with Gasteiger partial charge in [0.25, 0.3) is 0 Å². The summed E-state index contributed by atoms with van der Waals surface area (Å²) in [6.45, 7) is 0. The van der Waals surface area contributed by atoms with E-state index in [0.29, 0.717) is 0 Å². The van der Waals surface area contributed by atoms with Gasteiger partial charge in [-0.05, 0) is 6.07 Å². The summed E-state index contributed by atoms with van der Waals surface area (Å²) in [5, 5.41) is 9.01. The highest BCUT2D eigenvalue weighted by Crippen LogP contribution is 2.23. The zero-order chi connectivity index (χ0) is 10.3. The van der Waals surface area contributed by atoms with Crippen molar-refractivity contribution in [2.75, 3.05) is 0 Å². The molecule has 2 heterocycles. The smallest absolute Gasteiger partial charge is 0.166 e. The van der Waals surface area contributed by atoms with Gasteiger partial charge in [-0.2, -0.15) is 5.10 Å². The van der Waals surface area contributed by atoms with E-state index in [0.717, 1.165) is 22.2 Å². The van der Waals surface area contributed by atoms with Gasteiger partial charge in [0, 0.05) is 24.1 Å². The topological polar surface area (TPSA) is 43.9 Å². The van der Waals surface area contributed by atoms with Gasteiger partial charge in [-0.1, -0.05) is 17.3 Å². The standard InChI is InChI=1S/C11H9N3O/c1-14-10-6-8(11-4-5-13-15-11)2-3-9(10)7-12-14/h2-7H,1H3. The fraction of sp³-hybridized carbons (Fsp3) is 0.0909. The van der Waals surface area contributed by atoms with Gasteiger partial charge in [0.05, 0.1) is 17.9 Å². The molecule has 0 spiro atoms. The maximum atomic E-state index is 5.11. The third kappa shape index (κ3) is 1.22. The molecule has 0 saturated heterocycles. The van der Waals surface area contributed by atoms with Crippen molar-refractivity contribution in [3.63, 3.8) is 0 Å². The Morgan fingerprint density at radius 1 is 1.27 bits per heavy atom. The number of fused-ring (bicyclic) bond motifs is 1. The molecular formula is C11H9N3O. The molecule has 1 aromatic carbocycles. The molecule has 15 heavy (non-hydrogen) atoms. The van der Waals surface area contributed by atoms with E-state index in [1.807, 2.05) is 42.2 Å². The molecule has 2 aromatic heterocycles. The SMILES string of the molecule is Cn1ncc2ccc(-c3ccno3)cc21. The van der Waals surface area contributed by atoms with Crippen molar-refractivity contribution in [2.45, 2.75) is 0 Å². The summed E-state index contributed by atoms with van der Waals surface area (Å²) >= 11 is 0. The molecule has 0 unspecified atom stereocenters. The molecule has 0 amide bonds. The second kappa shape index (κ2) is 2.95. The maximum absolute atomic E-state index is 5.11. The van der Waals surface area contributed by atoms with Crippen molar-refractivity contribution in [3.05, 3.63) is 36.7 Å². The predicted octanol–water partition coefficient (Wildman–Crippen LogP) is 2.23. The highest BCUT2D eigenvalue weighted by molar-refractivity contribution is 5.83. The predicted molar refractivity (Wildman–Crippen MR) is 56.2 cm³/mol. The van der Waals surface area contributed by atoms with Crippen LogP contribution >= 0.6 is 0 Å². The van der Waals surface area contributed by atoms with E-state index in [1.165, 1.54) is 0 Å². The number of hydrogen-bond acceptors (Lipinski definition) is 3. The molecule has 3 rings (SSSR count). The number of nitrogens with zero attached hydrogens (tertiary/aromatic N) is 3. The number of aryl methyl sites for hydroxylation is 1. The van der Waals surface area contributed by atoms with Gasteiger partial charge in [-0.3, -0.25) is 4.68 Å². The van der Waals surface area contributed by atoms with Gasteiger partial charge in [-0.25, -0.2) is 0 Å². The molecule has 0 atom stereocenters. The Morgan fingerprint density at radius 3 is 3.00 bits per heavy atom. The molecule has 74 valence electrons. The van der Waals surface area contributed by atoms with Crippen LogP contribution in [0.5, 0.6) is 0 Å². The minimum Gasteiger partial charge on any atom is -0.356 e. The van der Waals surface area contributed by atoms with Gasteiger partial charge in [-0.15, -0.1) is 0 Å². The zero-order valence-electron chi connectivity index (χ0n) is 8.21. The lowest BCUT2D eigenvalue weighted by Gasteiger charge is -1.97. The molecule has 0 aliphatic heterocycles. The van der Waals surface area contributed by atoms with E-state index >= 15 is 0 Å². The summed E-state index contributed by atoms with van der Waals surface area (Å²) in [6, 6.07) is 7.92. The molecule has 4 heteroatoms. The first-order chi connectivity index (χ1) is 7.34. The molecular weight excluding hydrogens is 190 g/mol. The van der Waals surface area contributed by atoms with Crippen molar-refractivity contribution < 1.29 is 4.52 Å². The van der Waals surface area contributed by atoms with Gasteiger partial charge < -0.3 is 4.52 Å². The highest BCUT2D eigenvalue weighted by Gasteiger charge is 2.05. The van der Waals surface area contributed by atoms with E-state index in [9.17, 15) is 0 Å². The van der Waals surface area contributed by atoms with E-state index < -0.39 is 0 Å². The molecule has 0 radical (unpaired) electrons. The second-order valence-electron chi connectivity index (χ2n) is 3.42. The first-order valence-electron chi connectivity index (χ1n) is 4.67. The first kappa shape index (κ1) is 8.23. The molecule has 0 bridgehead atoms. The van der Waals surface area contributed by atoms with Crippen LogP contribution in [0, 0.1) is 0 Å². The molecule has 0 N–H and O–H groups in total. The van der Waals surface area contributed by atoms with Crippen molar-refractivity contribution in [1.29, 1.82) is 0 Å². The number of benzene rings is 1. The third-order valence-corrected chi connectivity index (χ3v) is 2.47. The lowest BCUT2D eigenvalue weighted by molar-refractivity contribution is 0.432. The summed E-state index contributed by atoms with van der Waals surface area (Å²) in [6.07, 6.45) is 3.49. The van der Waals surface area contributed by atoms with E-state index in [1.54, 1.807) is 6.20 Å². The van der Waals surface area contributed by atoms with Crippen LogP contribution in [0.4, 0.5) is 0 Å². The van der Waals surface area contributed by atoms with Crippen molar-refractivity contribution >= 4 is 10.9 Å². The lowest BCUT2D eigenvalue weighted by Crippen LogP contribution is -1.88.